The van der Waals surface area contributed by atoms with E-state index in [0.717, 1.165) is 12.8 Å². The van der Waals surface area contributed by atoms with Crippen LogP contribution in [-0.4, -0.2) is 21.3 Å². The predicted octanol–water partition coefficient (Wildman–Crippen LogP) is 1.84. The summed E-state index contributed by atoms with van der Waals surface area (Å²) in [5, 5.41) is 6.81. The molecule has 2 aromatic rings. The highest BCUT2D eigenvalue weighted by Crippen LogP contribution is 2.40. The third kappa shape index (κ3) is 2.51. The molecule has 3 rings (SSSR count). The number of hydrogen-bond acceptors (Lipinski definition) is 4. The molecule has 0 aliphatic heterocycles. The van der Waals surface area contributed by atoms with Crippen LogP contribution in [0.25, 0.3) is 0 Å². The summed E-state index contributed by atoms with van der Waals surface area (Å²) in [6.07, 6.45) is 1.97. The second kappa shape index (κ2) is 5.41. The van der Waals surface area contributed by atoms with E-state index in [9.17, 15) is 9.18 Å². The maximum absolute atomic E-state index is 13.8. The highest BCUT2D eigenvalue weighted by Gasteiger charge is 2.30. The summed E-state index contributed by atoms with van der Waals surface area (Å²) in [6, 6.07) is 6.78. The van der Waals surface area contributed by atoms with Gasteiger partial charge >= 0.3 is 5.69 Å². The van der Waals surface area contributed by atoms with Crippen LogP contribution in [0.3, 0.4) is 0 Å². The summed E-state index contributed by atoms with van der Waals surface area (Å²) >= 11 is 1.33. The SMILES string of the molecule is NCC(Sc1n[nH]c(=O)n1C1CC1)c1ccccc1F. The molecule has 7 heteroatoms. The summed E-state index contributed by atoms with van der Waals surface area (Å²) in [6.45, 7) is 0.275. The molecule has 1 aliphatic rings. The van der Waals surface area contributed by atoms with E-state index in [4.69, 9.17) is 5.73 Å². The molecule has 0 saturated heterocycles. The van der Waals surface area contributed by atoms with Gasteiger partial charge in [-0.1, -0.05) is 30.0 Å². The summed E-state index contributed by atoms with van der Waals surface area (Å²) < 4.78 is 15.5. The van der Waals surface area contributed by atoms with Crippen molar-refractivity contribution in [1.29, 1.82) is 0 Å². The van der Waals surface area contributed by atoms with Gasteiger partial charge in [0.25, 0.3) is 0 Å². The monoisotopic (exact) mass is 294 g/mol. The first kappa shape index (κ1) is 13.4. The molecule has 1 atom stereocenters. The Labute approximate surface area is 119 Å². The normalized spacial score (nSPS) is 16.3. The van der Waals surface area contributed by atoms with Crippen LogP contribution in [0.5, 0.6) is 0 Å². The molecule has 106 valence electrons. The second-order valence-electron chi connectivity index (χ2n) is 4.78. The Bertz CT molecular complexity index is 664. The lowest BCUT2D eigenvalue weighted by atomic mass is 10.1. The first-order valence-corrected chi connectivity index (χ1v) is 7.36. The number of nitrogens with zero attached hydrogens (tertiary/aromatic N) is 2. The van der Waals surface area contributed by atoms with Gasteiger partial charge in [0.05, 0.1) is 5.25 Å². The van der Waals surface area contributed by atoms with Crippen LogP contribution in [0.15, 0.2) is 34.2 Å². The Morgan fingerprint density at radius 2 is 2.25 bits per heavy atom. The van der Waals surface area contributed by atoms with Crippen molar-refractivity contribution < 1.29 is 4.39 Å². The number of hydrogen-bond donors (Lipinski definition) is 2. The number of aromatic amines is 1. The molecular weight excluding hydrogens is 279 g/mol. The van der Waals surface area contributed by atoms with Crippen molar-refractivity contribution in [3.8, 4) is 0 Å². The van der Waals surface area contributed by atoms with E-state index in [-0.39, 0.29) is 29.3 Å². The van der Waals surface area contributed by atoms with Gasteiger partial charge in [-0.3, -0.25) is 4.57 Å². The van der Waals surface area contributed by atoms with Gasteiger partial charge in [0.1, 0.15) is 5.82 Å². The Morgan fingerprint density at radius 3 is 2.90 bits per heavy atom. The van der Waals surface area contributed by atoms with Gasteiger partial charge in [0, 0.05) is 18.2 Å². The summed E-state index contributed by atoms with van der Waals surface area (Å²) in [7, 11) is 0. The molecule has 1 saturated carbocycles. The molecule has 0 bridgehead atoms. The fourth-order valence-corrected chi connectivity index (χ4v) is 3.24. The van der Waals surface area contributed by atoms with Gasteiger partial charge in [-0.05, 0) is 18.9 Å². The third-order valence-electron chi connectivity index (χ3n) is 3.30. The molecule has 0 spiro atoms. The smallest absolute Gasteiger partial charge is 0.329 e. The van der Waals surface area contributed by atoms with Gasteiger partial charge in [-0.15, -0.1) is 5.10 Å². The van der Waals surface area contributed by atoms with E-state index in [1.165, 1.54) is 17.8 Å². The standard InChI is InChI=1S/C13H15FN4OS/c14-10-4-2-1-3-9(10)11(7-15)20-13-17-16-12(19)18(13)8-5-6-8/h1-4,8,11H,5-7,15H2,(H,16,19). The molecule has 1 fully saturated rings. The topological polar surface area (TPSA) is 76.7 Å². The van der Waals surface area contributed by atoms with Crippen LogP contribution < -0.4 is 11.4 Å². The maximum atomic E-state index is 13.8. The van der Waals surface area contributed by atoms with Gasteiger partial charge in [0.2, 0.25) is 0 Å². The number of rotatable bonds is 5. The van der Waals surface area contributed by atoms with Crippen LogP contribution in [0.2, 0.25) is 0 Å². The molecule has 20 heavy (non-hydrogen) atoms. The van der Waals surface area contributed by atoms with Crippen molar-refractivity contribution >= 4 is 11.8 Å². The molecule has 0 radical (unpaired) electrons. The Kier molecular flexibility index (Phi) is 3.62. The van der Waals surface area contributed by atoms with E-state index in [1.54, 1.807) is 22.8 Å². The van der Waals surface area contributed by atoms with Crippen molar-refractivity contribution in [1.82, 2.24) is 14.8 Å². The fourth-order valence-electron chi connectivity index (χ4n) is 2.13. The molecule has 3 N–H and O–H groups in total. The number of nitrogens with two attached hydrogens (primary N) is 1. The predicted molar refractivity (Wildman–Crippen MR) is 75.2 cm³/mol. The minimum Gasteiger partial charge on any atom is -0.329 e. The molecule has 1 heterocycles. The molecular formula is C13H15FN4OS. The van der Waals surface area contributed by atoms with Crippen LogP contribution in [0, 0.1) is 5.82 Å². The van der Waals surface area contributed by atoms with E-state index in [2.05, 4.69) is 10.2 Å². The number of thioether (sulfide) groups is 1. The third-order valence-corrected chi connectivity index (χ3v) is 4.53. The molecule has 1 aromatic carbocycles. The number of nitrogens with one attached hydrogen (secondary N) is 1. The fraction of sp³-hybridized carbons (Fsp3) is 0.385. The Hall–Kier alpha value is -1.60. The van der Waals surface area contributed by atoms with Crippen molar-refractivity contribution in [2.45, 2.75) is 29.3 Å². The Balaban J connectivity index is 1.89. The number of halogens is 1. The van der Waals surface area contributed by atoms with Crippen LogP contribution in [-0.2, 0) is 0 Å². The maximum Gasteiger partial charge on any atom is 0.344 e. The summed E-state index contributed by atoms with van der Waals surface area (Å²) in [5.74, 6) is -0.286. The lowest BCUT2D eigenvalue weighted by molar-refractivity contribution is 0.606. The zero-order valence-electron chi connectivity index (χ0n) is 10.8. The van der Waals surface area contributed by atoms with Crippen molar-refractivity contribution in [2.75, 3.05) is 6.54 Å². The zero-order chi connectivity index (χ0) is 14.1. The van der Waals surface area contributed by atoms with Crippen molar-refractivity contribution in [3.05, 3.63) is 46.1 Å². The molecule has 1 aliphatic carbocycles. The molecule has 1 aromatic heterocycles. The first-order chi connectivity index (χ1) is 9.70. The van der Waals surface area contributed by atoms with Gasteiger partial charge < -0.3 is 5.73 Å². The Morgan fingerprint density at radius 1 is 1.50 bits per heavy atom. The quantitative estimate of drug-likeness (QED) is 0.825. The summed E-state index contributed by atoms with van der Waals surface area (Å²) in [4.78, 5) is 11.7. The van der Waals surface area contributed by atoms with Gasteiger partial charge in [0.15, 0.2) is 5.16 Å². The lowest BCUT2D eigenvalue weighted by Crippen LogP contribution is -2.17. The van der Waals surface area contributed by atoms with E-state index < -0.39 is 0 Å². The first-order valence-electron chi connectivity index (χ1n) is 6.48. The van der Waals surface area contributed by atoms with E-state index >= 15 is 0 Å². The largest absolute Gasteiger partial charge is 0.344 e. The van der Waals surface area contributed by atoms with Gasteiger partial charge in [-0.2, -0.15) is 0 Å². The van der Waals surface area contributed by atoms with Crippen molar-refractivity contribution in [2.24, 2.45) is 5.73 Å². The van der Waals surface area contributed by atoms with Crippen LogP contribution in [0.1, 0.15) is 29.7 Å². The van der Waals surface area contributed by atoms with E-state index in [1.807, 2.05) is 0 Å². The summed E-state index contributed by atoms with van der Waals surface area (Å²) in [5.41, 5.74) is 6.09. The van der Waals surface area contributed by atoms with Crippen LogP contribution >= 0.6 is 11.8 Å². The van der Waals surface area contributed by atoms with Gasteiger partial charge in [-0.25, -0.2) is 14.3 Å². The average Bonchev–Trinajstić information content (AvgIpc) is 3.21. The lowest BCUT2D eigenvalue weighted by Gasteiger charge is -2.15. The minimum absolute atomic E-state index is 0.209. The second-order valence-corrected chi connectivity index (χ2v) is 5.95. The highest BCUT2D eigenvalue weighted by molar-refractivity contribution is 7.99. The molecule has 5 nitrogen and oxygen atoms in total. The molecule has 1 unspecified atom stereocenters. The number of aromatic nitrogens is 3. The number of benzene rings is 1. The molecule has 0 amide bonds. The number of H-pyrrole nitrogens is 1. The average molecular weight is 294 g/mol. The zero-order valence-corrected chi connectivity index (χ0v) is 11.6. The minimum atomic E-state index is -0.286. The van der Waals surface area contributed by atoms with E-state index in [0.29, 0.717) is 10.7 Å². The highest BCUT2D eigenvalue weighted by atomic mass is 32.2. The van der Waals surface area contributed by atoms with Crippen LogP contribution in [0.4, 0.5) is 4.39 Å². The van der Waals surface area contributed by atoms with Crippen molar-refractivity contribution in [3.63, 3.8) is 0 Å².